The minimum atomic E-state index is -0.808. The Morgan fingerprint density at radius 3 is 2.27 bits per heavy atom. The first-order valence-corrected chi connectivity index (χ1v) is 21.3. The minimum Gasteiger partial charge on any atom is -0.459 e. The monoisotopic (exact) mass is 772 g/mol. The molecule has 2 N–H and O–H groups in total. The third kappa shape index (κ3) is 6.79. The number of carbonyl (C=O) groups excluding carboxylic acids is 1. The van der Waals surface area contributed by atoms with Gasteiger partial charge in [0.05, 0.1) is 79.7 Å². The Bertz CT molecular complexity index is 1490. The van der Waals surface area contributed by atoms with Crippen molar-refractivity contribution in [2.24, 2.45) is 11.8 Å². The zero-order valence-corrected chi connectivity index (χ0v) is 32.2. The maximum atomic E-state index is 14.0. The van der Waals surface area contributed by atoms with Crippen LogP contribution in [0.15, 0.2) is 24.3 Å². The van der Waals surface area contributed by atoms with Gasteiger partial charge in [-0.15, -0.1) is 0 Å². The third-order valence-corrected chi connectivity index (χ3v) is 14.8. The van der Waals surface area contributed by atoms with Gasteiger partial charge in [-0.05, 0) is 68.4 Å². The summed E-state index contributed by atoms with van der Waals surface area (Å²) in [6.07, 6.45) is 2.38. The van der Waals surface area contributed by atoms with E-state index in [4.69, 9.17) is 47.4 Å². The molecule has 11 fully saturated rings. The molecule has 13 heteroatoms. The van der Waals surface area contributed by atoms with Crippen molar-refractivity contribution < 1.29 is 62.4 Å². The van der Waals surface area contributed by atoms with E-state index in [1.54, 1.807) is 0 Å². The van der Waals surface area contributed by atoms with Gasteiger partial charge in [-0.2, -0.15) is 0 Å². The van der Waals surface area contributed by atoms with E-state index in [2.05, 4.69) is 20.1 Å². The molecule has 55 heavy (non-hydrogen) atoms. The van der Waals surface area contributed by atoms with E-state index in [-0.39, 0.29) is 98.0 Å². The van der Waals surface area contributed by atoms with Gasteiger partial charge in [0, 0.05) is 38.2 Å². The van der Waals surface area contributed by atoms with Crippen molar-refractivity contribution in [3.63, 3.8) is 0 Å². The van der Waals surface area contributed by atoms with Crippen molar-refractivity contribution >= 4 is 5.97 Å². The highest BCUT2D eigenvalue weighted by atomic mass is 16.8. The zero-order chi connectivity index (χ0) is 37.7. The molecular formula is C42H60O13. The van der Waals surface area contributed by atoms with Crippen molar-refractivity contribution in [2.75, 3.05) is 6.61 Å². The molecule has 0 radical (unpaired) electrons. The molecule has 0 amide bonds. The summed E-state index contributed by atoms with van der Waals surface area (Å²) in [7, 11) is 0. The average Bonchev–Trinajstić information content (AvgIpc) is 3.74. The van der Waals surface area contributed by atoms with Gasteiger partial charge in [-0.3, -0.25) is 4.79 Å². The van der Waals surface area contributed by atoms with Gasteiger partial charge in [0.2, 0.25) is 0 Å². The summed E-state index contributed by atoms with van der Waals surface area (Å²) >= 11 is 0. The molecule has 12 bridgehead atoms. The molecule has 306 valence electrons. The predicted octanol–water partition coefficient (Wildman–Crippen LogP) is 3.59. The van der Waals surface area contributed by atoms with Crippen LogP contribution in [0.4, 0.5) is 0 Å². The second-order valence-corrected chi connectivity index (χ2v) is 18.5. The minimum absolute atomic E-state index is 0.00281. The number of ether oxygens (including phenoxy) is 10. The Balaban J connectivity index is 0.934. The van der Waals surface area contributed by atoms with Gasteiger partial charge >= 0.3 is 5.97 Å². The van der Waals surface area contributed by atoms with Crippen LogP contribution < -0.4 is 0 Å². The van der Waals surface area contributed by atoms with Crippen LogP contribution in [0.5, 0.6) is 0 Å². The van der Waals surface area contributed by atoms with Crippen molar-refractivity contribution in [1.29, 1.82) is 0 Å². The lowest BCUT2D eigenvalue weighted by atomic mass is 9.79. The molecule has 0 saturated carbocycles. The summed E-state index contributed by atoms with van der Waals surface area (Å²) < 4.78 is 66.9. The molecule has 11 heterocycles. The summed E-state index contributed by atoms with van der Waals surface area (Å²) in [6.45, 7) is 13.1. The number of aliphatic hydroxyl groups excluding tert-OH is 2. The highest BCUT2D eigenvalue weighted by Gasteiger charge is 2.69. The maximum absolute atomic E-state index is 14.0. The van der Waals surface area contributed by atoms with Crippen LogP contribution >= 0.6 is 0 Å². The molecule has 21 atom stereocenters. The molecule has 11 rings (SSSR count). The number of aliphatic hydroxyl groups is 2. The normalized spacial score (nSPS) is 54.9. The number of rotatable bonds is 2. The SMILES string of the molecule is C=C1CC2CC[C@@]34C[C@H]5O[C@@H]6[C@@H](O[C@H]7CC[C@H](CC(=O)OC8[C@H](CC9O[C@@H](CCC1O2)C[C@@H](C)C9=C)OC1C[C@@H](O)[C@@H](CCO)O[C@H]1[C@@H]8C)OC7[C@@H]6O3)[C@H]5O4. The molecule has 0 aliphatic carbocycles. The molecule has 11 saturated heterocycles. The average molecular weight is 773 g/mol. The number of carbonyl (C=O) groups is 1. The van der Waals surface area contributed by atoms with Gasteiger partial charge in [0.1, 0.15) is 36.6 Å². The second kappa shape index (κ2) is 14.7. The first-order chi connectivity index (χ1) is 26.5. The molecule has 0 aromatic rings. The van der Waals surface area contributed by atoms with Gasteiger partial charge < -0.3 is 57.6 Å². The Kier molecular flexibility index (Phi) is 10.1. The standard InChI is InChI=1S/C42H60O13/c1-19-13-23-5-7-27-20(2)14-25(46-27)9-11-42-18-33-38(54-42)39-40(52-33)41(55-42)37-29(51-39)8-6-24(48-37)15-34(45)53-36-22(4)35-31(16-26(44)28(50-35)10-12-43)49-32(36)17-30(47-23)21(19)3/h19,22-33,35-41,43-44H,2-3,5-18H2,1,4H3/t19-,22+,23+,24-,25?,26-,27?,28-,29+,30?,31?,32+,33-,35+,36?,37?,38+,39+,40-,41+,42+/m1/s1. The fourth-order valence-corrected chi connectivity index (χ4v) is 11.9. The fourth-order valence-electron chi connectivity index (χ4n) is 11.9. The molecular weight excluding hydrogens is 712 g/mol. The number of esters is 1. The van der Waals surface area contributed by atoms with Crippen molar-refractivity contribution in [3.05, 3.63) is 24.3 Å². The lowest BCUT2D eigenvalue weighted by molar-refractivity contribution is -0.293. The van der Waals surface area contributed by atoms with Gasteiger partial charge in [0.25, 0.3) is 0 Å². The van der Waals surface area contributed by atoms with Crippen molar-refractivity contribution in [1.82, 2.24) is 0 Å². The summed E-state index contributed by atoms with van der Waals surface area (Å²) in [4.78, 5) is 14.0. The van der Waals surface area contributed by atoms with E-state index >= 15 is 0 Å². The molecule has 6 unspecified atom stereocenters. The van der Waals surface area contributed by atoms with Gasteiger partial charge in [-0.1, -0.05) is 27.0 Å². The summed E-state index contributed by atoms with van der Waals surface area (Å²) in [5.41, 5.74) is 2.14. The lowest BCUT2D eigenvalue weighted by Gasteiger charge is -2.51. The molecule has 1 spiro atoms. The topological polar surface area (TPSA) is 150 Å². The molecule has 0 aromatic heterocycles. The largest absolute Gasteiger partial charge is 0.459 e. The summed E-state index contributed by atoms with van der Waals surface area (Å²) in [6, 6.07) is 0. The van der Waals surface area contributed by atoms with Gasteiger partial charge in [0.15, 0.2) is 5.79 Å². The number of fused-ring (bicyclic) bond motifs is 7. The van der Waals surface area contributed by atoms with Crippen LogP contribution in [0, 0.1) is 11.8 Å². The predicted molar refractivity (Wildman–Crippen MR) is 193 cm³/mol. The molecule has 13 nitrogen and oxygen atoms in total. The van der Waals surface area contributed by atoms with Crippen LogP contribution in [-0.2, 0) is 52.2 Å². The van der Waals surface area contributed by atoms with Crippen molar-refractivity contribution in [3.8, 4) is 0 Å². The summed E-state index contributed by atoms with van der Waals surface area (Å²) in [5, 5.41) is 20.6. The first-order valence-electron chi connectivity index (χ1n) is 21.3. The zero-order valence-electron chi connectivity index (χ0n) is 32.2. The Labute approximate surface area is 323 Å². The summed E-state index contributed by atoms with van der Waals surface area (Å²) in [5.74, 6) is -1.18. The van der Waals surface area contributed by atoms with Crippen LogP contribution in [0.25, 0.3) is 0 Å². The Hall–Kier alpha value is -1.49. The van der Waals surface area contributed by atoms with E-state index < -0.39 is 48.5 Å². The van der Waals surface area contributed by atoms with Crippen LogP contribution in [0.1, 0.15) is 97.3 Å². The number of hydrogen-bond acceptors (Lipinski definition) is 13. The highest BCUT2D eigenvalue weighted by Crippen LogP contribution is 2.54. The van der Waals surface area contributed by atoms with Crippen LogP contribution in [0.2, 0.25) is 0 Å². The second-order valence-electron chi connectivity index (χ2n) is 18.5. The Morgan fingerprint density at radius 2 is 1.42 bits per heavy atom. The first kappa shape index (κ1) is 37.8. The molecule has 11 aliphatic heterocycles. The van der Waals surface area contributed by atoms with E-state index in [0.717, 1.165) is 49.7 Å². The van der Waals surface area contributed by atoms with Crippen LogP contribution in [0.3, 0.4) is 0 Å². The van der Waals surface area contributed by atoms with E-state index in [0.29, 0.717) is 38.5 Å². The highest BCUT2D eigenvalue weighted by molar-refractivity contribution is 5.70. The smallest absolute Gasteiger partial charge is 0.308 e. The van der Waals surface area contributed by atoms with E-state index in [1.165, 1.54) is 0 Å². The third-order valence-electron chi connectivity index (χ3n) is 14.8. The fraction of sp³-hybridized carbons (Fsp3) is 0.881. The van der Waals surface area contributed by atoms with Crippen LogP contribution in [-0.4, -0.2) is 138 Å². The number of hydrogen-bond donors (Lipinski definition) is 2. The molecule has 0 aromatic carbocycles. The van der Waals surface area contributed by atoms with E-state index in [9.17, 15) is 15.0 Å². The lowest BCUT2D eigenvalue weighted by Crippen LogP contribution is -2.62. The Morgan fingerprint density at radius 1 is 0.673 bits per heavy atom. The van der Waals surface area contributed by atoms with Crippen molar-refractivity contribution in [2.45, 2.75) is 213 Å². The quantitative estimate of drug-likeness (QED) is 0.312. The van der Waals surface area contributed by atoms with Gasteiger partial charge in [-0.25, -0.2) is 0 Å². The van der Waals surface area contributed by atoms with E-state index in [1.807, 2.05) is 6.92 Å². The molecule has 11 aliphatic rings. The maximum Gasteiger partial charge on any atom is 0.308 e.